The van der Waals surface area contributed by atoms with Crippen LogP contribution in [0.15, 0.2) is 24.3 Å². The zero-order chi connectivity index (χ0) is 23.3. The van der Waals surface area contributed by atoms with Crippen molar-refractivity contribution >= 4 is 11.7 Å². The predicted octanol–water partition coefficient (Wildman–Crippen LogP) is 7.78. The Bertz CT molecular complexity index is 603. The van der Waals surface area contributed by atoms with Gasteiger partial charge in [-0.15, -0.1) is 0 Å². The third kappa shape index (κ3) is 15.7. The van der Waals surface area contributed by atoms with Crippen molar-refractivity contribution in [2.24, 2.45) is 0 Å². The summed E-state index contributed by atoms with van der Waals surface area (Å²) >= 11 is 0. The first-order chi connectivity index (χ1) is 15.6. The van der Waals surface area contributed by atoms with Crippen LogP contribution >= 0.6 is 0 Å². The first-order valence-electron chi connectivity index (χ1n) is 12.7. The maximum atomic E-state index is 11.8. The van der Waals surface area contributed by atoms with E-state index in [0.717, 1.165) is 12.8 Å². The Balaban J connectivity index is 1.83. The molecule has 1 rings (SSSR count). The fourth-order valence-electron chi connectivity index (χ4n) is 3.69. The highest BCUT2D eigenvalue weighted by molar-refractivity contribution is 5.69. The summed E-state index contributed by atoms with van der Waals surface area (Å²) in [4.78, 5) is 21.9. The fourth-order valence-corrected chi connectivity index (χ4v) is 3.69. The van der Waals surface area contributed by atoms with Crippen LogP contribution in [-0.4, -0.2) is 24.1 Å². The number of carbonyl (C=O) groups is 1. The van der Waals surface area contributed by atoms with Crippen molar-refractivity contribution in [2.75, 3.05) is 13.2 Å². The molecule has 0 amide bonds. The zero-order valence-corrected chi connectivity index (χ0v) is 20.0. The lowest BCUT2D eigenvalue weighted by Crippen LogP contribution is -2.12. The molecule has 0 spiro atoms. The predicted molar refractivity (Wildman–Crippen MR) is 129 cm³/mol. The van der Waals surface area contributed by atoms with Crippen molar-refractivity contribution in [2.45, 2.75) is 110 Å². The number of ether oxygens (including phenoxy) is 2. The SMILES string of the molecule is CCCCCCCCCCCCCCCCCC(=O)OCCOc1ccc([N+](=O)[O-])cc1. The Kier molecular flexibility index (Phi) is 17.1. The Morgan fingerprint density at radius 2 is 1.22 bits per heavy atom. The highest BCUT2D eigenvalue weighted by Gasteiger charge is 2.05. The molecule has 6 nitrogen and oxygen atoms in total. The van der Waals surface area contributed by atoms with E-state index in [4.69, 9.17) is 9.47 Å². The smallest absolute Gasteiger partial charge is 0.305 e. The van der Waals surface area contributed by atoms with Crippen molar-refractivity contribution in [3.05, 3.63) is 34.4 Å². The third-order valence-corrected chi connectivity index (χ3v) is 5.65. The molecule has 0 heterocycles. The molecule has 1 aromatic carbocycles. The molecular formula is C26H43NO5. The van der Waals surface area contributed by atoms with Gasteiger partial charge >= 0.3 is 5.97 Å². The second-order valence-corrected chi connectivity index (χ2v) is 8.52. The van der Waals surface area contributed by atoms with Gasteiger partial charge in [-0.1, -0.05) is 96.8 Å². The number of hydrogen-bond acceptors (Lipinski definition) is 5. The summed E-state index contributed by atoms with van der Waals surface area (Å²) in [6, 6.07) is 5.85. The van der Waals surface area contributed by atoms with Crippen molar-refractivity contribution in [3.8, 4) is 5.75 Å². The van der Waals surface area contributed by atoms with Gasteiger partial charge in [0.05, 0.1) is 4.92 Å². The van der Waals surface area contributed by atoms with Crippen LogP contribution in [-0.2, 0) is 9.53 Å². The van der Waals surface area contributed by atoms with E-state index in [-0.39, 0.29) is 24.9 Å². The minimum Gasteiger partial charge on any atom is -0.490 e. The third-order valence-electron chi connectivity index (χ3n) is 5.65. The second kappa shape index (κ2) is 19.6. The van der Waals surface area contributed by atoms with Crippen LogP contribution in [0.3, 0.4) is 0 Å². The van der Waals surface area contributed by atoms with Crippen LogP contribution in [0.4, 0.5) is 5.69 Å². The topological polar surface area (TPSA) is 78.7 Å². The van der Waals surface area contributed by atoms with E-state index >= 15 is 0 Å². The van der Waals surface area contributed by atoms with E-state index in [2.05, 4.69) is 6.92 Å². The van der Waals surface area contributed by atoms with Gasteiger partial charge < -0.3 is 9.47 Å². The average molecular weight is 450 g/mol. The fraction of sp³-hybridized carbons (Fsp3) is 0.731. The summed E-state index contributed by atoms with van der Waals surface area (Å²) in [6.45, 7) is 2.69. The van der Waals surface area contributed by atoms with Crippen LogP contribution < -0.4 is 4.74 Å². The molecule has 0 bridgehead atoms. The van der Waals surface area contributed by atoms with Gasteiger partial charge in [-0.3, -0.25) is 14.9 Å². The van der Waals surface area contributed by atoms with Crippen LogP contribution in [0.5, 0.6) is 5.75 Å². The molecule has 0 aliphatic heterocycles. The van der Waals surface area contributed by atoms with Crippen LogP contribution in [0.2, 0.25) is 0 Å². The normalized spacial score (nSPS) is 10.8. The van der Waals surface area contributed by atoms with Crippen molar-refractivity contribution in [3.63, 3.8) is 0 Å². The standard InChI is InChI=1S/C26H43NO5/c1-2-3-4-5-6-7-8-9-10-11-12-13-14-15-16-17-26(28)32-23-22-31-25-20-18-24(19-21-25)27(29)30/h18-21H,2-17,22-23H2,1H3. The lowest BCUT2D eigenvalue weighted by Gasteiger charge is -2.07. The monoisotopic (exact) mass is 449 g/mol. The van der Waals surface area contributed by atoms with E-state index in [1.54, 1.807) is 0 Å². The van der Waals surface area contributed by atoms with E-state index in [9.17, 15) is 14.9 Å². The molecule has 182 valence electrons. The summed E-state index contributed by atoms with van der Waals surface area (Å²) in [7, 11) is 0. The number of hydrogen-bond donors (Lipinski definition) is 0. The van der Waals surface area contributed by atoms with E-state index < -0.39 is 4.92 Å². The van der Waals surface area contributed by atoms with Gasteiger partial charge in [0, 0.05) is 18.6 Å². The lowest BCUT2D eigenvalue weighted by atomic mass is 10.0. The summed E-state index contributed by atoms with van der Waals surface area (Å²) in [6.07, 6.45) is 20.0. The van der Waals surface area contributed by atoms with Gasteiger partial charge in [0.2, 0.25) is 0 Å². The first kappa shape index (κ1) is 27.9. The highest BCUT2D eigenvalue weighted by Crippen LogP contribution is 2.17. The number of nitro groups is 1. The Hall–Kier alpha value is -2.11. The summed E-state index contributed by atoms with van der Waals surface area (Å²) in [5.74, 6) is 0.334. The van der Waals surface area contributed by atoms with Gasteiger partial charge in [0.1, 0.15) is 19.0 Å². The first-order valence-corrected chi connectivity index (χ1v) is 12.7. The van der Waals surface area contributed by atoms with E-state index in [1.807, 2.05) is 0 Å². The van der Waals surface area contributed by atoms with Gasteiger partial charge in [0.25, 0.3) is 5.69 Å². The Morgan fingerprint density at radius 1 is 0.750 bits per heavy atom. The van der Waals surface area contributed by atoms with E-state index in [0.29, 0.717) is 12.2 Å². The number of carbonyl (C=O) groups excluding carboxylic acids is 1. The molecule has 0 fully saturated rings. The van der Waals surface area contributed by atoms with Crippen molar-refractivity contribution in [1.29, 1.82) is 0 Å². The molecule has 0 unspecified atom stereocenters. The molecule has 0 atom stereocenters. The lowest BCUT2D eigenvalue weighted by molar-refractivity contribution is -0.384. The number of esters is 1. The highest BCUT2D eigenvalue weighted by atomic mass is 16.6. The summed E-state index contributed by atoms with van der Waals surface area (Å²) in [5, 5.41) is 10.6. The molecule has 0 N–H and O–H groups in total. The van der Waals surface area contributed by atoms with Crippen LogP contribution in [0, 0.1) is 10.1 Å². The van der Waals surface area contributed by atoms with Gasteiger partial charge in [0.15, 0.2) is 0 Å². The Morgan fingerprint density at radius 3 is 1.69 bits per heavy atom. The minimum atomic E-state index is -0.455. The second-order valence-electron chi connectivity index (χ2n) is 8.52. The largest absolute Gasteiger partial charge is 0.490 e. The number of nitrogens with zero attached hydrogens (tertiary/aromatic N) is 1. The molecule has 1 aromatic rings. The zero-order valence-electron chi connectivity index (χ0n) is 20.0. The van der Waals surface area contributed by atoms with E-state index in [1.165, 1.54) is 108 Å². The van der Waals surface area contributed by atoms with Gasteiger partial charge in [-0.25, -0.2) is 0 Å². The number of non-ortho nitro benzene ring substituents is 1. The molecule has 0 aliphatic rings. The number of rotatable bonds is 21. The van der Waals surface area contributed by atoms with Crippen molar-refractivity contribution in [1.82, 2.24) is 0 Å². The average Bonchev–Trinajstić information content (AvgIpc) is 2.79. The Labute approximate surface area is 194 Å². The quantitative estimate of drug-likeness (QED) is 0.0828. The summed E-state index contributed by atoms with van der Waals surface area (Å²) < 4.78 is 10.6. The number of unbranched alkanes of at least 4 members (excludes halogenated alkanes) is 14. The molecule has 0 aromatic heterocycles. The maximum Gasteiger partial charge on any atom is 0.305 e. The summed E-state index contributed by atoms with van der Waals surface area (Å²) in [5.41, 5.74) is 0.0206. The molecule has 0 saturated heterocycles. The molecule has 0 saturated carbocycles. The minimum absolute atomic E-state index is 0.0206. The maximum absolute atomic E-state index is 11.8. The van der Waals surface area contributed by atoms with Crippen molar-refractivity contribution < 1.29 is 19.2 Å². The van der Waals surface area contributed by atoms with Crippen LogP contribution in [0.1, 0.15) is 110 Å². The number of nitro benzene ring substituents is 1. The van der Waals surface area contributed by atoms with Gasteiger partial charge in [-0.05, 0) is 18.6 Å². The number of benzene rings is 1. The molecule has 6 heteroatoms. The molecule has 0 aliphatic carbocycles. The van der Waals surface area contributed by atoms with Crippen LogP contribution in [0.25, 0.3) is 0 Å². The molecular weight excluding hydrogens is 406 g/mol. The molecule has 0 radical (unpaired) electrons. The molecule has 32 heavy (non-hydrogen) atoms. The van der Waals surface area contributed by atoms with Gasteiger partial charge in [-0.2, -0.15) is 0 Å².